The average molecular weight is 293 g/mol. The van der Waals surface area contributed by atoms with Gasteiger partial charge in [0, 0.05) is 25.4 Å². The average Bonchev–Trinajstić information content (AvgIpc) is 2.82. The van der Waals surface area contributed by atoms with Crippen molar-refractivity contribution in [3.63, 3.8) is 0 Å². The maximum absolute atomic E-state index is 13.5. The lowest BCUT2D eigenvalue weighted by atomic mass is 10.3. The summed E-state index contributed by atoms with van der Waals surface area (Å²) in [6.07, 6.45) is 1.16. The minimum Gasteiger partial charge on any atom is -0.390 e. The molecule has 0 fully saturated rings. The van der Waals surface area contributed by atoms with Crippen LogP contribution in [0.1, 0.15) is 6.42 Å². The summed E-state index contributed by atoms with van der Waals surface area (Å²) in [5, 5.41) is 15.6. The Kier molecular flexibility index (Phi) is 5.43. The zero-order valence-corrected chi connectivity index (χ0v) is 10.6. The number of carbonyl (C=O) groups is 1. The first-order valence-electron chi connectivity index (χ1n) is 5.55. The fourth-order valence-electron chi connectivity index (χ4n) is 1.27. The fraction of sp³-hybridized carbons (Fsp3) is 0.667. The van der Waals surface area contributed by atoms with Crippen LogP contribution in [-0.4, -0.2) is 51.8 Å². The minimum atomic E-state index is -3.74. The van der Waals surface area contributed by atoms with Gasteiger partial charge in [-0.3, -0.25) is 4.79 Å². The molecule has 0 radical (unpaired) electrons. The van der Waals surface area contributed by atoms with Crippen molar-refractivity contribution in [2.45, 2.75) is 18.9 Å². The first kappa shape index (κ1) is 15.9. The minimum absolute atomic E-state index is 0.0414. The number of hydrogen-bond donors (Lipinski definition) is 1. The smallest absolute Gasteiger partial charge is 0.390 e. The van der Waals surface area contributed by atoms with Crippen LogP contribution in [0.25, 0.3) is 0 Å². The topological polar surface area (TPSA) is 112 Å². The van der Waals surface area contributed by atoms with Crippen LogP contribution in [0.3, 0.4) is 0 Å². The SMILES string of the molecule is COCCCNC(=O)C(F)(F)Cn1cnc([N+](=O)[O-])n1. The number of halogens is 2. The summed E-state index contributed by atoms with van der Waals surface area (Å²) in [7, 11) is 1.45. The van der Waals surface area contributed by atoms with E-state index in [0.29, 0.717) is 17.7 Å². The predicted molar refractivity (Wildman–Crippen MR) is 61.1 cm³/mol. The molecule has 0 spiro atoms. The quantitative estimate of drug-likeness (QED) is 0.409. The lowest BCUT2D eigenvalue weighted by Crippen LogP contribution is -2.43. The highest BCUT2D eigenvalue weighted by atomic mass is 19.3. The molecule has 1 aromatic heterocycles. The number of amides is 1. The molecule has 20 heavy (non-hydrogen) atoms. The maximum atomic E-state index is 13.5. The zero-order chi connectivity index (χ0) is 15.2. The van der Waals surface area contributed by atoms with Crippen molar-refractivity contribution >= 4 is 11.9 Å². The maximum Gasteiger partial charge on any atom is 0.490 e. The van der Waals surface area contributed by atoms with E-state index in [4.69, 9.17) is 4.74 Å². The Hall–Kier alpha value is -2.17. The van der Waals surface area contributed by atoms with Crippen LogP contribution in [0.5, 0.6) is 0 Å². The van der Waals surface area contributed by atoms with Crippen LogP contribution >= 0.6 is 0 Å². The Balaban J connectivity index is 2.54. The van der Waals surface area contributed by atoms with Gasteiger partial charge in [0.25, 0.3) is 5.91 Å². The Morgan fingerprint density at radius 1 is 1.65 bits per heavy atom. The lowest BCUT2D eigenvalue weighted by molar-refractivity contribution is -0.394. The van der Waals surface area contributed by atoms with Gasteiger partial charge in [-0.25, -0.2) is 0 Å². The number of hydrogen-bond acceptors (Lipinski definition) is 6. The van der Waals surface area contributed by atoms with Gasteiger partial charge in [-0.15, -0.1) is 0 Å². The number of methoxy groups -OCH3 is 1. The van der Waals surface area contributed by atoms with Crippen LogP contribution in [-0.2, 0) is 16.1 Å². The van der Waals surface area contributed by atoms with Crippen LogP contribution in [0.4, 0.5) is 14.7 Å². The first-order valence-corrected chi connectivity index (χ1v) is 5.55. The van der Waals surface area contributed by atoms with E-state index in [1.54, 1.807) is 0 Å². The van der Waals surface area contributed by atoms with Crippen molar-refractivity contribution in [1.29, 1.82) is 0 Å². The second-order valence-corrected chi connectivity index (χ2v) is 3.81. The molecular formula is C9H13F2N5O4. The Morgan fingerprint density at radius 2 is 2.35 bits per heavy atom. The summed E-state index contributed by atoms with van der Waals surface area (Å²) in [6, 6.07) is 0. The number of rotatable bonds is 8. The Morgan fingerprint density at radius 3 is 2.90 bits per heavy atom. The lowest BCUT2D eigenvalue weighted by Gasteiger charge is -2.14. The summed E-state index contributed by atoms with van der Waals surface area (Å²) in [5.74, 6) is -6.03. The number of ether oxygens (including phenoxy) is 1. The first-order chi connectivity index (χ1) is 9.36. The third-order valence-electron chi connectivity index (χ3n) is 2.19. The van der Waals surface area contributed by atoms with Crippen molar-refractivity contribution in [2.75, 3.05) is 20.3 Å². The Labute approximate surface area is 112 Å². The molecule has 1 rings (SSSR count). The summed E-state index contributed by atoms with van der Waals surface area (Å²) in [6.45, 7) is -0.745. The molecule has 0 aliphatic rings. The van der Waals surface area contributed by atoms with Crippen LogP contribution < -0.4 is 5.32 Å². The van der Waals surface area contributed by atoms with Gasteiger partial charge < -0.3 is 20.2 Å². The van der Waals surface area contributed by atoms with Crippen molar-refractivity contribution in [2.24, 2.45) is 0 Å². The number of nitro groups is 1. The summed E-state index contributed by atoms with van der Waals surface area (Å²) < 4.78 is 32.3. The van der Waals surface area contributed by atoms with Crippen LogP contribution in [0, 0.1) is 10.1 Å². The van der Waals surface area contributed by atoms with E-state index in [2.05, 4.69) is 10.1 Å². The van der Waals surface area contributed by atoms with Gasteiger partial charge in [0.15, 0.2) is 0 Å². The molecule has 11 heteroatoms. The number of carbonyl (C=O) groups excluding carboxylic acids is 1. The van der Waals surface area contributed by atoms with E-state index < -0.39 is 29.2 Å². The molecule has 0 aliphatic heterocycles. The number of alkyl halides is 2. The number of aromatic nitrogens is 3. The Bertz CT molecular complexity index is 479. The highest BCUT2D eigenvalue weighted by Gasteiger charge is 2.40. The largest absolute Gasteiger partial charge is 0.490 e. The summed E-state index contributed by atoms with van der Waals surface area (Å²) in [5.41, 5.74) is 0. The fourth-order valence-corrected chi connectivity index (χ4v) is 1.27. The molecule has 0 unspecified atom stereocenters. The number of nitrogens with one attached hydrogen (secondary N) is 1. The zero-order valence-electron chi connectivity index (χ0n) is 10.6. The number of nitrogens with zero attached hydrogens (tertiary/aromatic N) is 4. The molecule has 0 saturated carbocycles. The van der Waals surface area contributed by atoms with Crippen molar-refractivity contribution in [1.82, 2.24) is 20.1 Å². The molecule has 0 saturated heterocycles. The van der Waals surface area contributed by atoms with E-state index >= 15 is 0 Å². The van der Waals surface area contributed by atoms with Gasteiger partial charge in [-0.1, -0.05) is 4.98 Å². The van der Waals surface area contributed by atoms with Gasteiger partial charge >= 0.3 is 11.9 Å². The van der Waals surface area contributed by atoms with Gasteiger partial charge in [0.05, 0.1) is 0 Å². The van der Waals surface area contributed by atoms with Gasteiger partial charge in [0.1, 0.15) is 6.54 Å². The van der Waals surface area contributed by atoms with Gasteiger partial charge in [0.2, 0.25) is 6.33 Å². The molecule has 1 heterocycles. The summed E-state index contributed by atoms with van der Waals surface area (Å²) >= 11 is 0. The molecule has 1 amide bonds. The van der Waals surface area contributed by atoms with E-state index in [-0.39, 0.29) is 6.54 Å². The highest BCUT2D eigenvalue weighted by Crippen LogP contribution is 2.16. The van der Waals surface area contributed by atoms with Gasteiger partial charge in [-0.05, 0) is 11.3 Å². The monoisotopic (exact) mass is 293 g/mol. The normalized spacial score (nSPS) is 11.3. The van der Waals surface area contributed by atoms with E-state index in [0.717, 1.165) is 6.33 Å². The third-order valence-corrected chi connectivity index (χ3v) is 2.19. The standard InChI is InChI=1S/C9H13F2N5O4/c1-20-4-2-3-12-7(17)9(10,11)5-15-6-13-8(14-15)16(18)19/h6H,2-5H2,1H3,(H,12,17). The molecule has 1 aromatic rings. The van der Waals surface area contributed by atoms with E-state index in [1.807, 2.05) is 5.32 Å². The van der Waals surface area contributed by atoms with Gasteiger partial charge in [-0.2, -0.15) is 13.5 Å². The second kappa shape index (κ2) is 6.84. The second-order valence-electron chi connectivity index (χ2n) is 3.81. The van der Waals surface area contributed by atoms with E-state index in [1.165, 1.54) is 7.11 Å². The van der Waals surface area contributed by atoms with Crippen molar-refractivity contribution in [3.8, 4) is 0 Å². The van der Waals surface area contributed by atoms with E-state index in [9.17, 15) is 23.7 Å². The molecule has 0 aromatic carbocycles. The van der Waals surface area contributed by atoms with Crippen LogP contribution in [0.2, 0.25) is 0 Å². The highest BCUT2D eigenvalue weighted by molar-refractivity contribution is 5.83. The molecule has 9 nitrogen and oxygen atoms in total. The summed E-state index contributed by atoms with van der Waals surface area (Å²) in [4.78, 5) is 23.9. The molecular weight excluding hydrogens is 280 g/mol. The van der Waals surface area contributed by atoms with Crippen molar-refractivity contribution in [3.05, 3.63) is 16.4 Å². The molecule has 0 aliphatic carbocycles. The van der Waals surface area contributed by atoms with Crippen molar-refractivity contribution < 1.29 is 23.2 Å². The molecule has 1 N–H and O–H groups in total. The third kappa shape index (κ3) is 4.50. The molecule has 112 valence electrons. The molecule has 0 bridgehead atoms. The molecule has 0 atom stereocenters. The van der Waals surface area contributed by atoms with Crippen LogP contribution in [0.15, 0.2) is 6.33 Å². The predicted octanol–water partition coefficient (Wildman–Crippen LogP) is -0.0257.